The number of nitriles is 1. The molecule has 17 nitrogen and oxygen atoms in total. The Morgan fingerprint density at radius 3 is 1.62 bits per heavy atom. The van der Waals surface area contributed by atoms with Crippen molar-refractivity contribution in [3.8, 4) is 17.8 Å². The molecule has 0 aliphatic carbocycles. The van der Waals surface area contributed by atoms with Crippen LogP contribution in [0.4, 0.5) is 0 Å². The highest BCUT2D eigenvalue weighted by atomic mass is 79.9. The second-order valence-electron chi connectivity index (χ2n) is 17.4. The van der Waals surface area contributed by atoms with Crippen LogP contribution in [0.2, 0.25) is 0 Å². The Hall–Kier alpha value is -7.59. The summed E-state index contributed by atoms with van der Waals surface area (Å²) in [5.41, 5.74) is 6.22. The second kappa shape index (κ2) is 18.5. The van der Waals surface area contributed by atoms with Gasteiger partial charge in [-0.3, -0.25) is 18.7 Å². The summed E-state index contributed by atoms with van der Waals surface area (Å²) in [7, 11) is 0. The van der Waals surface area contributed by atoms with Crippen molar-refractivity contribution in [3.05, 3.63) is 151 Å². The van der Waals surface area contributed by atoms with Gasteiger partial charge in [0.25, 0.3) is 11.1 Å². The molecular weight excluding hydrogens is 943 g/mol. The summed E-state index contributed by atoms with van der Waals surface area (Å²) in [6, 6.07) is 31.9. The third-order valence-electron chi connectivity index (χ3n) is 12.5. The maximum Gasteiger partial charge on any atom is 0.262 e. The normalized spacial score (nSPS) is 15.9. The van der Waals surface area contributed by atoms with E-state index in [-0.39, 0.29) is 24.2 Å². The zero-order valence-corrected chi connectivity index (χ0v) is 39.3. The van der Waals surface area contributed by atoms with Gasteiger partial charge in [0.05, 0.1) is 106 Å². The molecule has 12 rings (SSSR count). The highest BCUT2D eigenvalue weighted by Crippen LogP contribution is 2.29. The van der Waals surface area contributed by atoms with E-state index in [1.807, 2.05) is 91.2 Å². The summed E-state index contributed by atoms with van der Waals surface area (Å²) in [5, 5.41) is 21.2. The number of fused-ring (bicyclic) bond motifs is 8. The smallest absolute Gasteiger partial charge is 0.262 e. The second-order valence-corrected chi connectivity index (χ2v) is 18.3. The molecule has 10 aromatic rings. The molecule has 2 atom stereocenters. The van der Waals surface area contributed by atoms with E-state index in [1.54, 1.807) is 37.9 Å². The van der Waals surface area contributed by atoms with Gasteiger partial charge in [0.1, 0.15) is 11.3 Å². The lowest BCUT2D eigenvalue weighted by Gasteiger charge is -2.14. The molecule has 0 spiro atoms. The monoisotopic (exact) mass is 985 g/mol. The molecule has 0 radical (unpaired) electrons. The first-order chi connectivity index (χ1) is 33.7. The van der Waals surface area contributed by atoms with E-state index in [0.717, 1.165) is 63.9 Å². The Kier molecular flexibility index (Phi) is 11.8. The van der Waals surface area contributed by atoms with E-state index in [9.17, 15) is 14.9 Å². The van der Waals surface area contributed by atoms with Gasteiger partial charge in [-0.05, 0) is 87.4 Å². The Morgan fingerprint density at radius 2 is 1.13 bits per heavy atom. The van der Waals surface area contributed by atoms with Crippen LogP contribution >= 0.6 is 15.9 Å². The van der Waals surface area contributed by atoms with Gasteiger partial charge in [-0.15, -0.1) is 0 Å². The highest BCUT2D eigenvalue weighted by Gasteiger charge is 2.22. The maximum atomic E-state index is 13.5. The Morgan fingerprint density at radius 1 is 0.638 bits per heavy atom. The molecule has 4 aromatic carbocycles. The van der Waals surface area contributed by atoms with Crippen molar-refractivity contribution in [3.63, 3.8) is 0 Å². The van der Waals surface area contributed by atoms with Gasteiger partial charge in [-0.1, -0.05) is 40.2 Å². The third-order valence-corrected chi connectivity index (χ3v) is 13.0. The van der Waals surface area contributed by atoms with Gasteiger partial charge in [-0.25, -0.2) is 19.0 Å². The highest BCUT2D eigenvalue weighted by molar-refractivity contribution is 9.10. The first-order valence-electron chi connectivity index (χ1n) is 22.7. The number of ether oxygens (including phenoxy) is 4. The van der Waals surface area contributed by atoms with Crippen LogP contribution in [0, 0.1) is 37.0 Å². The van der Waals surface area contributed by atoms with E-state index in [2.05, 4.69) is 32.2 Å². The number of aryl methyl sites for hydroxylation is 2. The van der Waals surface area contributed by atoms with Crippen molar-refractivity contribution in [1.29, 1.82) is 5.26 Å². The van der Waals surface area contributed by atoms with Gasteiger partial charge >= 0.3 is 0 Å². The van der Waals surface area contributed by atoms with Crippen molar-refractivity contribution >= 4 is 70.8 Å². The Balaban J connectivity index is 0.000000151. The van der Waals surface area contributed by atoms with Crippen molar-refractivity contribution < 1.29 is 18.9 Å². The minimum Gasteiger partial charge on any atom is -0.477 e. The molecule has 18 heteroatoms. The van der Waals surface area contributed by atoms with Crippen LogP contribution in [0.5, 0.6) is 11.8 Å². The average Bonchev–Trinajstić information content (AvgIpc) is 4.22. The first kappa shape index (κ1) is 43.9. The zero-order valence-electron chi connectivity index (χ0n) is 37.7. The predicted octanol–water partition coefficient (Wildman–Crippen LogP) is 7.36. The molecule has 2 saturated heterocycles. The minimum absolute atomic E-state index is 0.104. The van der Waals surface area contributed by atoms with Gasteiger partial charge in [0.15, 0.2) is 11.6 Å². The van der Waals surface area contributed by atoms with E-state index in [0.29, 0.717) is 100 Å². The SMILES string of the molecule is Cc1cc2n(Cc3nc(OCC4CCOC4)c4cc(Br)ccc4n3)c(=O)c3ccccc3n2n1.Cc1cc2n(Cc3nc(OCC4CCOC4)c4cc(C#N)ccc4n3)c(=O)c3ccccc3n2n1. The molecule has 0 amide bonds. The van der Waals surface area contributed by atoms with Crippen LogP contribution in [0.1, 0.15) is 41.4 Å². The van der Waals surface area contributed by atoms with Gasteiger partial charge in [0, 0.05) is 41.7 Å². The van der Waals surface area contributed by atoms with Crippen molar-refractivity contribution in [1.82, 2.24) is 48.3 Å². The van der Waals surface area contributed by atoms with Gasteiger partial charge in [-0.2, -0.15) is 25.4 Å². The number of benzene rings is 4. The fraction of sp³-hybridized carbons (Fsp3) is 0.275. The number of para-hydroxylation sites is 2. The number of nitrogens with zero attached hydrogens (tertiary/aromatic N) is 11. The van der Waals surface area contributed by atoms with E-state index >= 15 is 0 Å². The summed E-state index contributed by atoms with van der Waals surface area (Å²) < 4.78 is 31.1. The molecule has 2 fully saturated rings. The summed E-state index contributed by atoms with van der Waals surface area (Å²) >= 11 is 3.53. The molecule has 2 unspecified atom stereocenters. The lowest BCUT2D eigenvalue weighted by molar-refractivity contribution is 0.166. The number of halogens is 1. The van der Waals surface area contributed by atoms with Crippen LogP contribution in [0.3, 0.4) is 0 Å². The fourth-order valence-electron chi connectivity index (χ4n) is 9.00. The number of hydrogen-bond donors (Lipinski definition) is 0. The van der Waals surface area contributed by atoms with E-state index < -0.39 is 0 Å². The zero-order chi connectivity index (χ0) is 47.2. The van der Waals surface area contributed by atoms with Crippen molar-refractivity contribution in [2.24, 2.45) is 11.8 Å². The molecule has 346 valence electrons. The summed E-state index contributed by atoms with van der Waals surface area (Å²) in [4.78, 5) is 45.8. The van der Waals surface area contributed by atoms with Gasteiger partial charge < -0.3 is 18.9 Å². The topological polar surface area (TPSA) is 191 Å². The molecule has 69 heavy (non-hydrogen) atoms. The van der Waals surface area contributed by atoms with Crippen LogP contribution in [-0.4, -0.2) is 87.9 Å². The third kappa shape index (κ3) is 8.64. The lowest BCUT2D eigenvalue weighted by atomic mass is 10.1. The molecule has 6 aromatic heterocycles. The Bertz CT molecular complexity index is 3790. The summed E-state index contributed by atoms with van der Waals surface area (Å²) in [5.74, 6) is 2.51. The van der Waals surface area contributed by atoms with Crippen LogP contribution in [0.25, 0.3) is 54.9 Å². The van der Waals surface area contributed by atoms with Crippen molar-refractivity contribution in [2.45, 2.75) is 39.8 Å². The van der Waals surface area contributed by atoms with Crippen molar-refractivity contribution in [2.75, 3.05) is 39.6 Å². The largest absolute Gasteiger partial charge is 0.477 e. The molecular formula is C51H44BrN11O6. The van der Waals surface area contributed by atoms with Crippen LogP contribution in [-0.2, 0) is 22.6 Å². The molecule has 2 aliphatic heterocycles. The van der Waals surface area contributed by atoms with Gasteiger partial charge in [0.2, 0.25) is 11.8 Å². The molecule has 0 bridgehead atoms. The Labute approximate surface area is 401 Å². The average molecular weight is 987 g/mol. The number of hydrogen-bond acceptors (Lipinski definition) is 13. The summed E-state index contributed by atoms with van der Waals surface area (Å²) in [6.45, 7) is 8.01. The maximum absolute atomic E-state index is 13.5. The molecule has 0 saturated carbocycles. The quantitative estimate of drug-likeness (QED) is 0.132. The fourth-order valence-corrected chi connectivity index (χ4v) is 9.36. The van der Waals surface area contributed by atoms with Crippen LogP contribution < -0.4 is 20.6 Å². The number of aromatic nitrogens is 10. The molecule has 2 aliphatic rings. The lowest BCUT2D eigenvalue weighted by Crippen LogP contribution is -2.24. The molecule has 8 heterocycles. The van der Waals surface area contributed by atoms with E-state index in [4.69, 9.17) is 38.9 Å². The first-order valence-corrected chi connectivity index (χ1v) is 23.5. The number of rotatable bonds is 10. The molecule has 0 N–H and O–H groups in total. The summed E-state index contributed by atoms with van der Waals surface area (Å²) in [6.07, 6.45) is 1.91. The minimum atomic E-state index is -0.137. The van der Waals surface area contributed by atoms with Crippen LogP contribution in [0.15, 0.2) is 111 Å². The standard InChI is InChI=1S/C26H22N6O3.C25H22BrN5O3/c1-16-10-24-31(26(33)19-4-2-3-5-22(19)32(24)30-16)13-23-28-21-7-6-17(12-27)11-20(21)25(29-23)35-15-18-8-9-34-14-18;1-15-10-23-30(25(32)18-4-2-3-5-21(18)31(23)29-15)12-22-27-20-7-6-17(26)11-19(20)24(28-22)34-14-16-8-9-33-13-16/h2-7,10-11,18H,8-9,13-15H2,1H3;2-7,10-11,16H,8-9,12-14H2,1H3. The van der Waals surface area contributed by atoms with E-state index in [1.165, 1.54) is 0 Å². The predicted molar refractivity (Wildman–Crippen MR) is 262 cm³/mol.